The Morgan fingerprint density at radius 1 is 0.938 bits per heavy atom. The number of rotatable bonds is 7. The van der Waals surface area contributed by atoms with E-state index in [2.05, 4.69) is 32.9 Å². The third-order valence-electron chi connectivity index (χ3n) is 5.05. The fourth-order valence-corrected chi connectivity index (χ4v) is 3.44. The first-order valence-corrected chi connectivity index (χ1v) is 11.0. The van der Waals surface area contributed by atoms with E-state index in [-0.39, 0.29) is 11.2 Å². The van der Waals surface area contributed by atoms with Gasteiger partial charge in [-0.25, -0.2) is 0 Å². The predicted octanol–water partition coefficient (Wildman–Crippen LogP) is 7.77. The molecule has 0 N–H and O–H groups in total. The van der Waals surface area contributed by atoms with Gasteiger partial charge in [-0.2, -0.15) is 0 Å². The fraction of sp³-hybridized carbons (Fsp3) is 0.222. The summed E-state index contributed by atoms with van der Waals surface area (Å²) in [6.45, 7) is 6.89. The highest BCUT2D eigenvalue weighted by Gasteiger charge is 2.13. The van der Waals surface area contributed by atoms with Crippen LogP contribution in [-0.2, 0) is 12.0 Å². The van der Waals surface area contributed by atoms with Gasteiger partial charge in [-0.05, 0) is 65.1 Å². The standard InChI is InChI=1S/C27H26Cl2O3/c1-27(2,3)21-8-10-22(11-9-21)32-17-20-15-18(6-14-26(20)31-4)5-13-25(30)19-7-12-23(28)24(29)16-19/h5-16H,17H2,1-4H3/b13-5+. The van der Waals surface area contributed by atoms with E-state index in [1.807, 2.05) is 30.3 Å². The van der Waals surface area contributed by atoms with E-state index in [4.69, 9.17) is 32.7 Å². The molecular formula is C27H26Cl2O3. The topological polar surface area (TPSA) is 35.5 Å². The summed E-state index contributed by atoms with van der Waals surface area (Å²) < 4.78 is 11.5. The number of carbonyl (C=O) groups is 1. The van der Waals surface area contributed by atoms with Crippen molar-refractivity contribution in [1.29, 1.82) is 0 Å². The summed E-state index contributed by atoms with van der Waals surface area (Å²) in [5.74, 6) is 1.36. The molecule has 3 aromatic rings. The van der Waals surface area contributed by atoms with E-state index in [0.717, 1.165) is 22.6 Å². The van der Waals surface area contributed by atoms with Gasteiger partial charge >= 0.3 is 0 Å². The molecule has 166 valence electrons. The van der Waals surface area contributed by atoms with E-state index >= 15 is 0 Å². The smallest absolute Gasteiger partial charge is 0.185 e. The number of hydrogen-bond donors (Lipinski definition) is 0. The van der Waals surface area contributed by atoms with Crippen LogP contribution in [-0.4, -0.2) is 12.9 Å². The number of methoxy groups -OCH3 is 1. The minimum atomic E-state index is -0.156. The number of benzene rings is 3. The number of carbonyl (C=O) groups excluding carboxylic acids is 1. The normalized spacial score (nSPS) is 11.6. The Kier molecular flexibility index (Phi) is 7.65. The Hall–Kier alpha value is -2.75. The Balaban J connectivity index is 1.72. The lowest BCUT2D eigenvalue weighted by atomic mass is 9.87. The molecule has 0 heterocycles. The lowest BCUT2D eigenvalue weighted by Gasteiger charge is -2.19. The molecule has 0 aliphatic rings. The molecular weight excluding hydrogens is 443 g/mol. The average molecular weight is 469 g/mol. The van der Waals surface area contributed by atoms with Crippen molar-refractivity contribution in [2.45, 2.75) is 32.8 Å². The van der Waals surface area contributed by atoms with Crippen molar-refractivity contribution in [3.8, 4) is 11.5 Å². The Labute approximate surface area is 199 Å². The van der Waals surface area contributed by atoms with Gasteiger partial charge in [-0.15, -0.1) is 0 Å². The molecule has 0 atom stereocenters. The maximum Gasteiger partial charge on any atom is 0.185 e. The van der Waals surface area contributed by atoms with Gasteiger partial charge in [0.25, 0.3) is 0 Å². The lowest BCUT2D eigenvalue weighted by molar-refractivity contribution is 0.104. The predicted molar refractivity (Wildman–Crippen MR) is 132 cm³/mol. The van der Waals surface area contributed by atoms with Crippen molar-refractivity contribution in [2.75, 3.05) is 7.11 Å². The summed E-state index contributed by atoms with van der Waals surface area (Å²) in [7, 11) is 1.63. The van der Waals surface area contributed by atoms with Gasteiger partial charge in [0.1, 0.15) is 18.1 Å². The highest BCUT2D eigenvalue weighted by molar-refractivity contribution is 6.42. The van der Waals surface area contributed by atoms with Crippen molar-refractivity contribution < 1.29 is 14.3 Å². The molecule has 0 bridgehead atoms. The van der Waals surface area contributed by atoms with Crippen LogP contribution in [0.4, 0.5) is 0 Å². The van der Waals surface area contributed by atoms with Crippen LogP contribution in [0.1, 0.15) is 47.8 Å². The molecule has 3 nitrogen and oxygen atoms in total. The van der Waals surface area contributed by atoms with E-state index in [1.54, 1.807) is 31.4 Å². The second-order valence-electron chi connectivity index (χ2n) is 8.46. The van der Waals surface area contributed by atoms with Gasteiger partial charge in [0.05, 0.1) is 17.2 Å². The Bertz CT molecular complexity index is 1130. The van der Waals surface area contributed by atoms with Crippen LogP contribution in [0.25, 0.3) is 6.08 Å². The van der Waals surface area contributed by atoms with Gasteiger partial charge in [0.15, 0.2) is 5.78 Å². The summed E-state index contributed by atoms with van der Waals surface area (Å²) in [6, 6.07) is 18.7. The first kappa shape index (κ1) is 23.9. The SMILES string of the molecule is COc1ccc(/C=C/C(=O)c2ccc(Cl)c(Cl)c2)cc1COc1ccc(C(C)(C)C)cc1. The van der Waals surface area contributed by atoms with Crippen LogP contribution in [0.5, 0.6) is 11.5 Å². The summed E-state index contributed by atoms with van der Waals surface area (Å²) in [5.41, 5.74) is 3.57. The summed E-state index contributed by atoms with van der Waals surface area (Å²) >= 11 is 11.9. The second kappa shape index (κ2) is 10.2. The molecule has 0 radical (unpaired) electrons. The third kappa shape index (κ3) is 6.15. The Morgan fingerprint density at radius 2 is 1.66 bits per heavy atom. The molecule has 0 saturated heterocycles. The molecule has 0 aliphatic carbocycles. The molecule has 0 spiro atoms. The van der Waals surface area contributed by atoms with Crippen molar-refractivity contribution >= 4 is 35.1 Å². The molecule has 32 heavy (non-hydrogen) atoms. The first-order valence-electron chi connectivity index (χ1n) is 10.2. The molecule has 0 amide bonds. The largest absolute Gasteiger partial charge is 0.496 e. The molecule has 0 aliphatic heterocycles. The van der Waals surface area contributed by atoms with E-state index in [0.29, 0.717) is 22.2 Å². The quantitative estimate of drug-likeness (QED) is 0.262. The van der Waals surface area contributed by atoms with Crippen molar-refractivity contribution in [3.63, 3.8) is 0 Å². The van der Waals surface area contributed by atoms with Crippen LogP contribution in [0.15, 0.2) is 66.7 Å². The summed E-state index contributed by atoms with van der Waals surface area (Å²) in [4.78, 5) is 12.5. The van der Waals surface area contributed by atoms with Gasteiger partial charge < -0.3 is 9.47 Å². The molecule has 0 fully saturated rings. The minimum absolute atomic E-state index is 0.0944. The maximum atomic E-state index is 12.5. The van der Waals surface area contributed by atoms with Crippen LogP contribution >= 0.6 is 23.2 Å². The van der Waals surface area contributed by atoms with Crippen LogP contribution in [0.3, 0.4) is 0 Å². The Morgan fingerprint density at radius 3 is 2.28 bits per heavy atom. The lowest BCUT2D eigenvalue weighted by Crippen LogP contribution is -2.10. The van der Waals surface area contributed by atoms with Crippen molar-refractivity contribution in [1.82, 2.24) is 0 Å². The van der Waals surface area contributed by atoms with Crippen LogP contribution in [0.2, 0.25) is 10.0 Å². The van der Waals surface area contributed by atoms with E-state index in [9.17, 15) is 4.79 Å². The number of halogens is 2. The fourth-order valence-electron chi connectivity index (χ4n) is 3.14. The maximum absolute atomic E-state index is 12.5. The number of ketones is 1. The monoisotopic (exact) mass is 468 g/mol. The number of allylic oxidation sites excluding steroid dienone is 1. The second-order valence-corrected chi connectivity index (χ2v) is 9.28. The molecule has 3 aromatic carbocycles. The molecule has 0 saturated carbocycles. The molecule has 5 heteroatoms. The van der Waals surface area contributed by atoms with Gasteiger partial charge in [-0.1, -0.05) is 68.2 Å². The molecule has 0 unspecified atom stereocenters. The van der Waals surface area contributed by atoms with E-state index in [1.165, 1.54) is 11.6 Å². The van der Waals surface area contributed by atoms with Crippen molar-refractivity contribution in [3.05, 3.63) is 99.0 Å². The van der Waals surface area contributed by atoms with Gasteiger partial charge in [0.2, 0.25) is 0 Å². The average Bonchev–Trinajstić information content (AvgIpc) is 2.77. The minimum Gasteiger partial charge on any atom is -0.496 e. The highest BCUT2D eigenvalue weighted by atomic mass is 35.5. The zero-order valence-electron chi connectivity index (χ0n) is 18.6. The summed E-state index contributed by atoms with van der Waals surface area (Å²) in [5, 5.41) is 0.769. The van der Waals surface area contributed by atoms with E-state index < -0.39 is 0 Å². The zero-order valence-corrected chi connectivity index (χ0v) is 20.1. The third-order valence-corrected chi connectivity index (χ3v) is 5.79. The number of hydrogen-bond acceptors (Lipinski definition) is 3. The van der Waals surface area contributed by atoms with Gasteiger partial charge in [-0.3, -0.25) is 4.79 Å². The van der Waals surface area contributed by atoms with Crippen molar-refractivity contribution in [2.24, 2.45) is 0 Å². The highest BCUT2D eigenvalue weighted by Crippen LogP contribution is 2.27. The molecule has 3 rings (SSSR count). The summed E-state index contributed by atoms with van der Waals surface area (Å²) in [6.07, 6.45) is 3.27. The first-order chi connectivity index (χ1) is 15.2. The number of ether oxygens (including phenoxy) is 2. The zero-order chi connectivity index (χ0) is 23.3. The van der Waals surface area contributed by atoms with Crippen LogP contribution < -0.4 is 9.47 Å². The molecule has 0 aromatic heterocycles. The van der Waals surface area contributed by atoms with Crippen LogP contribution in [0, 0.1) is 0 Å². The van der Waals surface area contributed by atoms with Gasteiger partial charge in [0, 0.05) is 11.1 Å².